The highest BCUT2D eigenvalue weighted by Crippen LogP contribution is 2.39. The fraction of sp³-hybridized carbons (Fsp3) is 0.526. The predicted molar refractivity (Wildman–Crippen MR) is 115 cm³/mol. The molecule has 0 spiro atoms. The maximum absolute atomic E-state index is 12.6. The van der Waals surface area contributed by atoms with Crippen LogP contribution in [0.5, 0.6) is 0 Å². The SMILES string of the molecule is Cc1nnc(Sc2ccc(NC(=O)CC3(CN)CCCCC3)c(C)c2)s1.Cl. The van der Waals surface area contributed by atoms with Crippen molar-refractivity contribution in [3.63, 3.8) is 0 Å². The van der Waals surface area contributed by atoms with Crippen molar-refractivity contribution in [2.24, 2.45) is 11.1 Å². The standard InChI is InChI=1S/C19H26N4OS2.ClH/c1-13-10-15(26-18-23-22-14(2)25-18)6-7-16(13)21-17(24)11-19(12-20)8-4-3-5-9-19;/h6-7,10H,3-5,8-9,11-12,20H2,1-2H3,(H,21,24);1H. The Labute approximate surface area is 175 Å². The van der Waals surface area contributed by atoms with E-state index in [0.29, 0.717) is 13.0 Å². The number of aromatic nitrogens is 2. The summed E-state index contributed by atoms with van der Waals surface area (Å²) in [6.07, 6.45) is 6.26. The summed E-state index contributed by atoms with van der Waals surface area (Å²) in [5.41, 5.74) is 7.92. The highest BCUT2D eigenvalue weighted by Gasteiger charge is 2.33. The molecular formula is C19H27ClN4OS2. The molecule has 148 valence electrons. The Hall–Kier alpha value is -1.15. The number of hydrogen-bond donors (Lipinski definition) is 2. The van der Waals surface area contributed by atoms with E-state index in [1.807, 2.05) is 26.0 Å². The summed E-state index contributed by atoms with van der Waals surface area (Å²) >= 11 is 3.18. The van der Waals surface area contributed by atoms with E-state index in [1.165, 1.54) is 19.3 Å². The van der Waals surface area contributed by atoms with E-state index in [-0.39, 0.29) is 23.7 Å². The monoisotopic (exact) mass is 426 g/mol. The van der Waals surface area contributed by atoms with Gasteiger partial charge in [0.25, 0.3) is 0 Å². The van der Waals surface area contributed by atoms with Gasteiger partial charge in [0.2, 0.25) is 5.91 Å². The third-order valence-electron chi connectivity index (χ3n) is 5.07. The molecule has 0 atom stereocenters. The number of nitrogens with zero attached hydrogens (tertiary/aromatic N) is 2. The second kappa shape index (κ2) is 9.87. The zero-order chi connectivity index (χ0) is 18.6. The summed E-state index contributed by atoms with van der Waals surface area (Å²) in [5.74, 6) is 0.0700. The second-order valence-corrected chi connectivity index (χ2v) is 9.66. The zero-order valence-electron chi connectivity index (χ0n) is 15.8. The summed E-state index contributed by atoms with van der Waals surface area (Å²) in [6, 6.07) is 6.07. The van der Waals surface area contributed by atoms with Crippen molar-refractivity contribution in [3.8, 4) is 0 Å². The predicted octanol–water partition coefficient (Wildman–Crippen LogP) is 4.97. The molecule has 2 aromatic rings. The highest BCUT2D eigenvalue weighted by molar-refractivity contribution is 8.01. The van der Waals surface area contributed by atoms with Gasteiger partial charge in [-0.15, -0.1) is 22.6 Å². The molecule has 0 aliphatic heterocycles. The van der Waals surface area contributed by atoms with Gasteiger partial charge in [-0.1, -0.05) is 42.4 Å². The van der Waals surface area contributed by atoms with Gasteiger partial charge in [-0.3, -0.25) is 4.79 Å². The van der Waals surface area contributed by atoms with E-state index in [0.717, 1.165) is 38.3 Å². The molecule has 1 aliphatic rings. The van der Waals surface area contributed by atoms with Gasteiger partial charge in [0, 0.05) is 17.0 Å². The first kappa shape index (κ1) is 22.1. The third kappa shape index (κ3) is 5.91. The molecule has 5 nitrogen and oxygen atoms in total. The quantitative estimate of drug-likeness (QED) is 0.681. The highest BCUT2D eigenvalue weighted by atomic mass is 35.5. The molecule has 27 heavy (non-hydrogen) atoms. The molecule has 1 saturated carbocycles. The molecule has 1 aromatic carbocycles. The molecule has 3 N–H and O–H groups in total. The van der Waals surface area contributed by atoms with Gasteiger partial charge < -0.3 is 11.1 Å². The van der Waals surface area contributed by atoms with Gasteiger partial charge in [-0.2, -0.15) is 0 Å². The molecule has 3 rings (SSSR count). The topological polar surface area (TPSA) is 80.9 Å². The summed E-state index contributed by atoms with van der Waals surface area (Å²) < 4.78 is 0.931. The number of carbonyl (C=O) groups excluding carboxylic acids is 1. The summed E-state index contributed by atoms with van der Waals surface area (Å²) in [6.45, 7) is 4.56. The van der Waals surface area contributed by atoms with Crippen molar-refractivity contribution < 1.29 is 4.79 Å². The number of aryl methyl sites for hydroxylation is 2. The van der Waals surface area contributed by atoms with E-state index in [2.05, 4.69) is 21.6 Å². The minimum Gasteiger partial charge on any atom is -0.330 e. The second-order valence-electron chi connectivity index (χ2n) is 7.16. The van der Waals surface area contributed by atoms with Crippen LogP contribution < -0.4 is 11.1 Å². The first-order valence-corrected chi connectivity index (χ1v) is 10.7. The van der Waals surface area contributed by atoms with Crippen LogP contribution in [0.25, 0.3) is 0 Å². The molecule has 0 bridgehead atoms. The van der Waals surface area contributed by atoms with Gasteiger partial charge in [-0.25, -0.2) is 0 Å². The van der Waals surface area contributed by atoms with Gasteiger partial charge >= 0.3 is 0 Å². The largest absolute Gasteiger partial charge is 0.330 e. The number of halogens is 1. The average molecular weight is 427 g/mol. The number of nitrogens with two attached hydrogens (primary N) is 1. The van der Waals surface area contributed by atoms with Crippen molar-refractivity contribution >= 4 is 47.1 Å². The molecule has 0 radical (unpaired) electrons. The Balaban J connectivity index is 0.00000261. The maximum atomic E-state index is 12.6. The molecule has 1 fully saturated rings. The summed E-state index contributed by atoms with van der Waals surface area (Å²) in [7, 11) is 0. The number of anilines is 1. The van der Waals surface area contributed by atoms with E-state index >= 15 is 0 Å². The smallest absolute Gasteiger partial charge is 0.224 e. The van der Waals surface area contributed by atoms with Crippen molar-refractivity contribution in [1.82, 2.24) is 10.2 Å². The normalized spacial score (nSPS) is 15.8. The van der Waals surface area contributed by atoms with E-state index in [1.54, 1.807) is 23.1 Å². The summed E-state index contributed by atoms with van der Waals surface area (Å²) in [5, 5.41) is 12.2. The molecule has 0 saturated heterocycles. The van der Waals surface area contributed by atoms with Crippen LogP contribution in [0, 0.1) is 19.3 Å². The molecule has 1 aromatic heterocycles. The van der Waals surface area contributed by atoms with Crippen LogP contribution in [-0.2, 0) is 4.79 Å². The zero-order valence-corrected chi connectivity index (χ0v) is 18.2. The maximum Gasteiger partial charge on any atom is 0.224 e. The molecule has 0 unspecified atom stereocenters. The van der Waals surface area contributed by atoms with Gasteiger partial charge in [-0.05, 0) is 62.4 Å². The van der Waals surface area contributed by atoms with Crippen LogP contribution in [0.15, 0.2) is 27.4 Å². The Morgan fingerprint density at radius 2 is 2.00 bits per heavy atom. The lowest BCUT2D eigenvalue weighted by molar-refractivity contribution is -0.118. The Kier molecular flexibility index (Phi) is 8.09. The van der Waals surface area contributed by atoms with Crippen molar-refractivity contribution in [2.45, 2.75) is 61.6 Å². The minimum atomic E-state index is -0.0122. The Bertz CT molecular complexity index is 775. The summed E-state index contributed by atoms with van der Waals surface area (Å²) in [4.78, 5) is 13.7. The van der Waals surface area contributed by atoms with Crippen molar-refractivity contribution in [3.05, 3.63) is 28.8 Å². The molecular weight excluding hydrogens is 400 g/mol. The first-order chi connectivity index (χ1) is 12.5. The van der Waals surface area contributed by atoms with Crippen LogP contribution >= 0.6 is 35.5 Å². The fourth-order valence-corrected chi connectivity index (χ4v) is 5.44. The molecule has 1 aliphatic carbocycles. The molecule has 1 amide bonds. The third-order valence-corrected chi connectivity index (χ3v) is 6.95. The number of hydrogen-bond acceptors (Lipinski definition) is 6. The number of rotatable bonds is 6. The lowest BCUT2D eigenvalue weighted by Gasteiger charge is -2.35. The van der Waals surface area contributed by atoms with E-state index < -0.39 is 0 Å². The number of carbonyl (C=O) groups is 1. The first-order valence-electron chi connectivity index (χ1n) is 9.08. The van der Waals surface area contributed by atoms with Crippen LogP contribution in [0.2, 0.25) is 0 Å². The van der Waals surface area contributed by atoms with Crippen molar-refractivity contribution in [2.75, 3.05) is 11.9 Å². The van der Waals surface area contributed by atoms with Gasteiger partial charge in [0.05, 0.1) is 0 Å². The van der Waals surface area contributed by atoms with Crippen LogP contribution in [0.1, 0.15) is 49.1 Å². The minimum absolute atomic E-state index is 0. The van der Waals surface area contributed by atoms with Crippen LogP contribution in [0.4, 0.5) is 5.69 Å². The average Bonchev–Trinajstić information content (AvgIpc) is 3.03. The molecule has 8 heteroatoms. The number of nitrogens with one attached hydrogen (secondary N) is 1. The number of benzene rings is 1. The number of amides is 1. The van der Waals surface area contributed by atoms with Crippen LogP contribution in [-0.4, -0.2) is 22.6 Å². The van der Waals surface area contributed by atoms with Crippen molar-refractivity contribution in [1.29, 1.82) is 0 Å². The van der Waals surface area contributed by atoms with Crippen LogP contribution in [0.3, 0.4) is 0 Å². The Morgan fingerprint density at radius 3 is 2.59 bits per heavy atom. The lowest BCUT2D eigenvalue weighted by atomic mass is 9.71. The molecule has 1 heterocycles. The van der Waals surface area contributed by atoms with Gasteiger partial charge in [0.1, 0.15) is 5.01 Å². The lowest BCUT2D eigenvalue weighted by Crippen LogP contribution is -2.36. The van der Waals surface area contributed by atoms with E-state index in [9.17, 15) is 4.79 Å². The van der Waals surface area contributed by atoms with E-state index in [4.69, 9.17) is 5.73 Å². The van der Waals surface area contributed by atoms with Gasteiger partial charge in [0.15, 0.2) is 4.34 Å². The fourth-order valence-electron chi connectivity index (χ4n) is 3.55. The Morgan fingerprint density at radius 1 is 1.26 bits per heavy atom.